The Morgan fingerprint density at radius 1 is 1.38 bits per heavy atom. The highest BCUT2D eigenvalue weighted by Crippen LogP contribution is 2.33. The summed E-state index contributed by atoms with van der Waals surface area (Å²) in [7, 11) is 1.60. The van der Waals surface area contributed by atoms with Crippen LogP contribution in [0.3, 0.4) is 0 Å². The van der Waals surface area contributed by atoms with Gasteiger partial charge in [0.15, 0.2) is 11.3 Å². The van der Waals surface area contributed by atoms with E-state index in [9.17, 15) is 4.79 Å². The van der Waals surface area contributed by atoms with Crippen molar-refractivity contribution in [1.29, 1.82) is 0 Å². The second-order valence-electron chi connectivity index (χ2n) is 4.33. The molecule has 0 radical (unpaired) electrons. The first-order valence-corrected chi connectivity index (χ1v) is 5.12. The van der Waals surface area contributed by atoms with E-state index in [0.29, 0.717) is 17.1 Å². The van der Waals surface area contributed by atoms with Crippen LogP contribution in [0.5, 0.6) is 5.75 Å². The number of hydrogen-bond acceptors (Lipinski definition) is 3. The summed E-state index contributed by atoms with van der Waals surface area (Å²) in [4.78, 5) is 11.0. The summed E-state index contributed by atoms with van der Waals surface area (Å²) in [6.07, 6.45) is 0.886. The Balaban J connectivity index is 2.64. The van der Waals surface area contributed by atoms with Gasteiger partial charge in [-0.1, -0.05) is 12.1 Å². The fraction of sp³-hybridized carbons (Fsp3) is 0.308. The number of ether oxygens (including phenoxy) is 1. The number of rotatable bonds is 3. The minimum Gasteiger partial charge on any atom is -0.493 e. The first-order valence-electron chi connectivity index (χ1n) is 5.12. The van der Waals surface area contributed by atoms with Gasteiger partial charge in [0.25, 0.3) is 0 Å². The normalized spacial score (nSPS) is 11.7. The number of carbonyl (C=O) groups excluding carboxylic acids is 1. The van der Waals surface area contributed by atoms with Crippen LogP contribution >= 0.6 is 0 Å². The van der Waals surface area contributed by atoms with Crippen molar-refractivity contribution in [3.8, 4) is 5.75 Å². The lowest BCUT2D eigenvalue weighted by Gasteiger charge is -2.12. The van der Waals surface area contributed by atoms with E-state index in [1.54, 1.807) is 7.11 Å². The molecule has 2 rings (SSSR count). The third-order valence-corrected chi connectivity index (χ3v) is 2.66. The largest absolute Gasteiger partial charge is 0.493 e. The van der Waals surface area contributed by atoms with Crippen molar-refractivity contribution in [2.45, 2.75) is 19.3 Å². The molecular weight excluding hydrogens is 204 g/mol. The average Bonchev–Trinajstić information content (AvgIpc) is 2.73. The standard InChI is InChI=1S/C13H14O3/c1-13(2,8-14)11-7-9-5-4-6-10(15-3)12(9)16-11/h4-8H,1-3H3. The third-order valence-electron chi connectivity index (χ3n) is 2.66. The molecule has 0 aliphatic rings. The maximum atomic E-state index is 11.0. The lowest BCUT2D eigenvalue weighted by atomic mass is 9.92. The number of methoxy groups -OCH3 is 1. The van der Waals surface area contributed by atoms with Crippen LogP contribution in [0, 0.1) is 0 Å². The molecule has 0 amide bonds. The van der Waals surface area contributed by atoms with E-state index >= 15 is 0 Å². The Labute approximate surface area is 94.0 Å². The molecule has 1 aromatic carbocycles. The molecule has 1 heterocycles. The predicted octanol–water partition coefficient (Wildman–Crippen LogP) is 2.92. The number of hydrogen-bond donors (Lipinski definition) is 0. The lowest BCUT2D eigenvalue weighted by molar-refractivity contribution is -0.112. The fourth-order valence-corrected chi connectivity index (χ4v) is 1.57. The van der Waals surface area contributed by atoms with Crippen LogP contribution in [0.15, 0.2) is 28.7 Å². The van der Waals surface area contributed by atoms with Crippen molar-refractivity contribution in [1.82, 2.24) is 0 Å². The van der Waals surface area contributed by atoms with Crippen molar-refractivity contribution >= 4 is 17.3 Å². The molecule has 0 aliphatic heterocycles. The highest BCUT2D eigenvalue weighted by Gasteiger charge is 2.24. The molecular formula is C13H14O3. The summed E-state index contributed by atoms with van der Waals surface area (Å²) in [6.45, 7) is 3.65. The molecule has 0 aliphatic carbocycles. The minimum absolute atomic E-state index is 0.607. The molecule has 0 spiro atoms. The Kier molecular flexibility index (Phi) is 2.46. The molecule has 2 aromatic rings. The summed E-state index contributed by atoms with van der Waals surface area (Å²) in [5.74, 6) is 1.34. The van der Waals surface area contributed by atoms with Gasteiger partial charge in [-0.3, -0.25) is 0 Å². The van der Waals surface area contributed by atoms with Crippen molar-refractivity contribution in [2.75, 3.05) is 7.11 Å². The van der Waals surface area contributed by atoms with E-state index in [-0.39, 0.29) is 0 Å². The monoisotopic (exact) mass is 218 g/mol. The molecule has 0 saturated heterocycles. The van der Waals surface area contributed by atoms with Crippen molar-refractivity contribution < 1.29 is 13.9 Å². The van der Waals surface area contributed by atoms with Crippen molar-refractivity contribution in [3.63, 3.8) is 0 Å². The van der Waals surface area contributed by atoms with Gasteiger partial charge in [-0.05, 0) is 26.0 Å². The van der Waals surface area contributed by atoms with Gasteiger partial charge >= 0.3 is 0 Å². The highest BCUT2D eigenvalue weighted by molar-refractivity contribution is 5.85. The zero-order chi connectivity index (χ0) is 11.8. The highest BCUT2D eigenvalue weighted by atomic mass is 16.5. The molecule has 16 heavy (non-hydrogen) atoms. The summed E-state index contributed by atoms with van der Waals surface area (Å²) in [5, 5.41) is 0.948. The van der Waals surface area contributed by atoms with Crippen LogP contribution in [0.25, 0.3) is 11.0 Å². The Hall–Kier alpha value is -1.77. The Bertz CT molecular complexity index is 523. The molecule has 0 unspecified atom stereocenters. The predicted molar refractivity (Wildman–Crippen MR) is 61.9 cm³/mol. The van der Waals surface area contributed by atoms with Gasteiger partial charge in [0, 0.05) is 5.39 Å². The second kappa shape index (κ2) is 3.67. The summed E-state index contributed by atoms with van der Waals surface area (Å²) in [5.41, 5.74) is 0.0826. The van der Waals surface area contributed by atoms with Crippen LogP contribution in [0.4, 0.5) is 0 Å². The summed E-state index contributed by atoms with van der Waals surface area (Å²) < 4.78 is 10.9. The van der Waals surface area contributed by atoms with Gasteiger partial charge in [-0.2, -0.15) is 0 Å². The Morgan fingerprint density at radius 2 is 2.12 bits per heavy atom. The third kappa shape index (κ3) is 1.58. The zero-order valence-corrected chi connectivity index (χ0v) is 9.61. The molecule has 1 aromatic heterocycles. The first kappa shape index (κ1) is 10.7. The molecule has 0 fully saturated rings. The fourth-order valence-electron chi connectivity index (χ4n) is 1.57. The lowest BCUT2D eigenvalue weighted by Crippen LogP contribution is -2.17. The quantitative estimate of drug-likeness (QED) is 0.743. The minimum atomic E-state index is -0.607. The van der Waals surface area contributed by atoms with Gasteiger partial charge in [-0.25, -0.2) is 0 Å². The molecule has 84 valence electrons. The van der Waals surface area contributed by atoms with Gasteiger partial charge in [-0.15, -0.1) is 0 Å². The maximum Gasteiger partial charge on any atom is 0.176 e. The molecule has 0 saturated carbocycles. The number of aldehydes is 1. The number of fused-ring (bicyclic) bond motifs is 1. The molecule has 0 N–H and O–H groups in total. The van der Waals surface area contributed by atoms with Crippen LogP contribution in [0.1, 0.15) is 19.6 Å². The molecule has 0 atom stereocenters. The van der Waals surface area contributed by atoms with E-state index in [4.69, 9.17) is 9.15 Å². The van der Waals surface area contributed by atoms with Gasteiger partial charge < -0.3 is 13.9 Å². The zero-order valence-electron chi connectivity index (χ0n) is 9.61. The molecule has 0 bridgehead atoms. The van der Waals surface area contributed by atoms with Crippen LogP contribution in [-0.2, 0) is 10.2 Å². The average molecular weight is 218 g/mol. The van der Waals surface area contributed by atoms with Crippen molar-refractivity contribution in [2.24, 2.45) is 0 Å². The number of furan rings is 1. The van der Waals surface area contributed by atoms with E-state index in [0.717, 1.165) is 11.7 Å². The van der Waals surface area contributed by atoms with Gasteiger partial charge in [0.05, 0.1) is 12.5 Å². The SMILES string of the molecule is COc1cccc2cc(C(C)(C)C=O)oc12. The summed E-state index contributed by atoms with van der Waals surface area (Å²) >= 11 is 0. The Morgan fingerprint density at radius 3 is 2.75 bits per heavy atom. The van der Waals surface area contributed by atoms with E-state index in [2.05, 4.69) is 0 Å². The maximum absolute atomic E-state index is 11.0. The number of benzene rings is 1. The van der Waals surface area contributed by atoms with Crippen LogP contribution in [0.2, 0.25) is 0 Å². The number of carbonyl (C=O) groups is 1. The van der Waals surface area contributed by atoms with Crippen LogP contribution < -0.4 is 4.74 Å². The second-order valence-corrected chi connectivity index (χ2v) is 4.33. The van der Waals surface area contributed by atoms with Gasteiger partial charge in [0.1, 0.15) is 12.0 Å². The van der Waals surface area contributed by atoms with Gasteiger partial charge in [0.2, 0.25) is 0 Å². The molecule has 3 nitrogen and oxygen atoms in total. The summed E-state index contributed by atoms with van der Waals surface area (Å²) in [6, 6.07) is 7.55. The smallest absolute Gasteiger partial charge is 0.176 e. The first-order chi connectivity index (χ1) is 7.58. The van der Waals surface area contributed by atoms with Crippen molar-refractivity contribution in [3.05, 3.63) is 30.0 Å². The van der Waals surface area contributed by atoms with E-state index < -0.39 is 5.41 Å². The van der Waals surface area contributed by atoms with E-state index in [1.165, 1.54) is 0 Å². The topological polar surface area (TPSA) is 39.4 Å². The number of para-hydroxylation sites is 1. The van der Waals surface area contributed by atoms with Crippen LogP contribution in [-0.4, -0.2) is 13.4 Å². The van der Waals surface area contributed by atoms with E-state index in [1.807, 2.05) is 38.1 Å². The molecule has 3 heteroatoms.